The summed E-state index contributed by atoms with van der Waals surface area (Å²) in [4.78, 5) is 0. The quantitative estimate of drug-likeness (QED) is 0.721. The molecule has 1 fully saturated rings. The van der Waals surface area contributed by atoms with Crippen molar-refractivity contribution in [1.82, 2.24) is 0 Å². The van der Waals surface area contributed by atoms with Gasteiger partial charge in [0, 0.05) is 0 Å². The second-order valence-corrected chi connectivity index (χ2v) is 5.75. The first-order chi connectivity index (χ1) is 7.02. The molecule has 0 aromatic rings. The minimum atomic E-state index is -0.657. The maximum atomic E-state index is 10.5. The van der Waals surface area contributed by atoms with Crippen LogP contribution >= 0.6 is 0 Å². The molecule has 15 heavy (non-hydrogen) atoms. The van der Waals surface area contributed by atoms with Gasteiger partial charge < -0.3 is 9.84 Å². The molecule has 1 heterocycles. The summed E-state index contributed by atoms with van der Waals surface area (Å²) < 4.78 is 5.60. The molecule has 1 aliphatic carbocycles. The molecule has 0 aromatic carbocycles. The average Bonchev–Trinajstić information content (AvgIpc) is 2.24. The van der Waals surface area contributed by atoms with Crippen molar-refractivity contribution in [2.45, 2.75) is 58.0 Å². The van der Waals surface area contributed by atoms with Crippen LogP contribution < -0.4 is 0 Å². The molecule has 1 saturated carbocycles. The Morgan fingerprint density at radius 1 is 1.20 bits per heavy atom. The topological polar surface area (TPSA) is 29.5 Å². The normalized spacial score (nSPS) is 29.1. The summed E-state index contributed by atoms with van der Waals surface area (Å²) in [6, 6.07) is 0. The summed E-state index contributed by atoms with van der Waals surface area (Å²) >= 11 is 0. The van der Waals surface area contributed by atoms with Gasteiger partial charge in [-0.2, -0.15) is 0 Å². The molecule has 0 aromatic heterocycles. The van der Waals surface area contributed by atoms with Crippen LogP contribution in [-0.2, 0) is 4.74 Å². The van der Waals surface area contributed by atoms with E-state index in [4.69, 9.17) is 4.74 Å². The van der Waals surface area contributed by atoms with Gasteiger partial charge in [0.15, 0.2) is 0 Å². The molecular formula is C13H22O2. The van der Waals surface area contributed by atoms with E-state index in [0.29, 0.717) is 5.41 Å². The Kier molecular flexibility index (Phi) is 2.80. The molecule has 0 bridgehead atoms. The lowest BCUT2D eigenvalue weighted by Gasteiger charge is -2.41. The SMILES string of the molecule is CC1(C)CCC(O)(C2=CCCCO2)CC1. The van der Waals surface area contributed by atoms with Gasteiger partial charge in [-0.1, -0.05) is 13.8 Å². The van der Waals surface area contributed by atoms with Crippen molar-refractivity contribution >= 4 is 0 Å². The molecule has 0 spiro atoms. The van der Waals surface area contributed by atoms with Crippen molar-refractivity contribution in [3.63, 3.8) is 0 Å². The van der Waals surface area contributed by atoms with E-state index >= 15 is 0 Å². The van der Waals surface area contributed by atoms with Crippen LogP contribution in [-0.4, -0.2) is 17.3 Å². The largest absolute Gasteiger partial charge is 0.495 e. The van der Waals surface area contributed by atoms with Crippen LogP contribution in [0.25, 0.3) is 0 Å². The highest BCUT2D eigenvalue weighted by molar-refractivity contribution is 5.13. The minimum Gasteiger partial charge on any atom is -0.495 e. The fourth-order valence-corrected chi connectivity index (χ4v) is 2.47. The van der Waals surface area contributed by atoms with Gasteiger partial charge in [-0.15, -0.1) is 0 Å². The summed E-state index contributed by atoms with van der Waals surface area (Å²) in [5.41, 5.74) is -0.266. The Balaban J connectivity index is 2.05. The monoisotopic (exact) mass is 210 g/mol. The number of hydrogen-bond donors (Lipinski definition) is 1. The highest BCUT2D eigenvalue weighted by Crippen LogP contribution is 2.44. The number of aliphatic hydroxyl groups is 1. The summed E-state index contributed by atoms with van der Waals surface area (Å²) in [7, 11) is 0. The van der Waals surface area contributed by atoms with E-state index in [1.807, 2.05) is 0 Å². The van der Waals surface area contributed by atoms with Crippen LogP contribution in [0.1, 0.15) is 52.4 Å². The standard InChI is InChI=1S/C13H22O2/c1-12(2)6-8-13(14,9-7-12)11-5-3-4-10-15-11/h5,14H,3-4,6-10H2,1-2H3. The Labute approximate surface area is 92.3 Å². The van der Waals surface area contributed by atoms with Crippen molar-refractivity contribution in [3.05, 3.63) is 11.8 Å². The van der Waals surface area contributed by atoms with E-state index in [0.717, 1.165) is 50.9 Å². The summed E-state index contributed by atoms with van der Waals surface area (Å²) in [6.07, 6.45) is 8.11. The predicted octanol–water partition coefficient (Wildman–Crippen LogP) is 3.01. The Morgan fingerprint density at radius 2 is 1.87 bits per heavy atom. The Hall–Kier alpha value is -0.500. The number of ether oxygens (including phenoxy) is 1. The lowest BCUT2D eigenvalue weighted by Crippen LogP contribution is -2.40. The first-order valence-corrected chi connectivity index (χ1v) is 6.08. The zero-order chi connectivity index (χ0) is 10.9. The van der Waals surface area contributed by atoms with Gasteiger partial charge in [-0.3, -0.25) is 0 Å². The molecule has 0 radical (unpaired) electrons. The van der Waals surface area contributed by atoms with Gasteiger partial charge in [-0.05, 0) is 50.0 Å². The van der Waals surface area contributed by atoms with Crippen LogP contribution in [0.2, 0.25) is 0 Å². The summed E-state index contributed by atoms with van der Waals surface area (Å²) in [5, 5.41) is 10.5. The maximum Gasteiger partial charge on any atom is 0.124 e. The molecule has 0 unspecified atom stereocenters. The number of rotatable bonds is 1. The summed E-state index contributed by atoms with van der Waals surface area (Å²) in [6.45, 7) is 5.34. The van der Waals surface area contributed by atoms with Crippen molar-refractivity contribution in [3.8, 4) is 0 Å². The minimum absolute atomic E-state index is 0.390. The van der Waals surface area contributed by atoms with Gasteiger partial charge in [0.2, 0.25) is 0 Å². The van der Waals surface area contributed by atoms with Gasteiger partial charge >= 0.3 is 0 Å². The molecule has 86 valence electrons. The van der Waals surface area contributed by atoms with Gasteiger partial charge in [0.05, 0.1) is 6.61 Å². The Bertz CT molecular complexity index is 256. The molecule has 2 nitrogen and oxygen atoms in total. The molecule has 0 amide bonds. The van der Waals surface area contributed by atoms with E-state index in [1.54, 1.807) is 0 Å². The molecule has 1 aliphatic heterocycles. The predicted molar refractivity (Wildman–Crippen MR) is 60.5 cm³/mol. The van der Waals surface area contributed by atoms with Gasteiger partial charge in [0.1, 0.15) is 11.4 Å². The zero-order valence-electron chi connectivity index (χ0n) is 9.88. The van der Waals surface area contributed by atoms with Crippen molar-refractivity contribution < 1.29 is 9.84 Å². The van der Waals surface area contributed by atoms with E-state index in [1.165, 1.54) is 0 Å². The lowest BCUT2D eigenvalue weighted by atomic mass is 9.70. The van der Waals surface area contributed by atoms with E-state index in [-0.39, 0.29) is 0 Å². The molecule has 2 aliphatic rings. The van der Waals surface area contributed by atoms with Crippen LogP contribution in [0.5, 0.6) is 0 Å². The number of allylic oxidation sites excluding steroid dienone is 1. The van der Waals surface area contributed by atoms with Crippen molar-refractivity contribution in [1.29, 1.82) is 0 Å². The average molecular weight is 210 g/mol. The third-order valence-electron chi connectivity index (χ3n) is 3.83. The van der Waals surface area contributed by atoms with E-state index in [2.05, 4.69) is 19.9 Å². The third kappa shape index (κ3) is 2.36. The smallest absolute Gasteiger partial charge is 0.124 e. The molecule has 0 atom stereocenters. The van der Waals surface area contributed by atoms with Crippen LogP contribution in [0.15, 0.2) is 11.8 Å². The fourth-order valence-electron chi connectivity index (χ4n) is 2.47. The zero-order valence-corrected chi connectivity index (χ0v) is 9.88. The van der Waals surface area contributed by atoms with Crippen LogP contribution in [0.3, 0.4) is 0 Å². The molecular weight excluding hydrogens is 188 g/mol. The van der Waals surface area contributed by atoms with Crippen molar-refractivity contribution in [2.24, 2.45) is 5.41 Å². The van der Waals surface area contributed by atoms with E-state index < -0.39 is 5.60 Å². The van der Waals surface area contributed by atoms with Gasteiger partial charge in [-0.25, -0.2) is 0 Å². The second-order valence-electron chi connectivity index (χ2n) is 5.75. The van der Waals surface area contributed by atoms with Gasteiger partial charge in [0.25, 0.3) is 0 Å². The first-order valence-electron chi connectivity index (χ1n) is 6.08. The summed E-state index contributed by atoms with van der Waals surface area (Å²) in [5.74, 6) is 0.851. The highest BCUT2D eigenvalue weighted by Gasteiger charge is 2.40. The fraction of sp³-hybridized carbons (Fsp3) is 0.846. The van der Waals surface area contributed by atoms with Crippen LogP contribution in [0, 0.1) is 5.41 Å². The number of hydrogen-bond acceptors (Lipinski definition) is 2. The first kappa shape index (κ1) is 11.0. The highest BCUT2D eigenvalue weighted by atomic mass is 16.5. The van der Waals surface area contributed by atoms with E-state index in [9.17, 15) is 5.11 Å². The molecule has 2 rings (SSSR count). The Morgan fingerprint density at radius 3 is 2.40 bits per heavy atom. The van der Waals surface area contributed by atoms with Crippen LogP contribution in [0.4, 0.5) is 0 Å². The molecule has 2 heteroatoms. The van der Waals surface area contributed by atoms with Crippen molar-refractivity contribution in [2.75, 3.05) is 6.61 Å². The lowest BCUT2D eigenvalue weighted by molar-refractivity contribution is -0.0436. The second kappa shape index (κ2) is 3.82. The maximum absolute atomic E-state index is 10.5. The third-order valence-corrected chi connectivity index (χ3v) is 3.83. The molecule has 1 N–H and O–H groups in total. The molecule has 0 saturated heterocycles.